The molecule has 7 nitrogen and oxygen atoms in total. The van der Waals surface area contributed by atoms with Crippen molar-refractivity contribution < 1.29 is 9.72 Å². The first-order valence-electron chi connectivity index (χ1n) is 6.51. The van der Waals surface area contributed by atoms with Crippen molar-refractivity contribution in [3.63, 3.8) is 0 Å². The summed E-state index contributed by atoms with van der Waals surface area (Å²) in [4.78, 5) is 23.5. The molecule has 0 heterocycles. The second kappa shape index (κ2) is 7.24. The summed E-state index contributed by atoms with van der Waals surface area (Å²) in [5.41, 5.74) is 0.513. The molecule has 0 aliphatic carbocycles. The third kappa shape index (κ3) is 4.76. The fourth-order valence-electron chi connectivity index (χ4n) is 1.73. The molecule has 0 aliphatic heterocycles. The Hall–Kier alpha value is -2.62. The second-order valence-electron chi connectivity index (χ2n) is 5.12. The van der Waals surface area contributed by atoms with Gasteiger partial charge in [0.05, 0.1) is 22.7 Å². The van der Waals surface area contributed by atoms with Gasteiger partial charge in [0.1, 0.15) is 6.07 Å². The monoisotopic (exact) mass is 290 g/mol. The molecule has 1 amide bonds. The van der Waals surface area contributed by atoms with Crippen LogP contribution in [0.3, 0.4) is 0 Å². The number of carbonyl (C=O) groups excluding carboxylic acids is 1. The zero-order valence-corrected chi connectivity index (χ0v) is 12.3. The number of non-ortho nitro benzene ring substituents is 1. The molecule has 112 valence electrons. The van der Waals surface area contributed by atoms with Gasteiger partial charge in [-0.15, -0.1) is 0 Å². The highest BCUT2D eigenvalue weighted by Gasteiger charge is 2.15. The molecule has 0 saturated heterocycles. The first-order chi connectivity index (χ1) is 9.85. The van der Waals surface area contributed by atoms with Gasteiger partial charge in [-0.2, -0.15) is 5.26 Å². The van der Waals surface area contributed by atoms with Gasteiger partial charge in [0.2, 0.25) is 5.91 Å². The van der Waals surface area contributed by atoms with Crippen molar-refractivity contribution in [1.29, 1.82) is 5.26 Å². The molecule has 0 radical (unpaired) electrons. The van der Waals surface area contributed by atoms with Crippen LogP contribution in [-0.2, 0) is 4.79 Å². The van der Waals surface area contributed by atoms with E-state index in [-0.39, 0.29) is 23.7 Å². The predicted octanol–water partition coefficient (Wildman–Crippen LogP) is 1.67. The number of rotatable bonds is 6. The van der Waals surface area contributed by atoms with Crippen molar-refractivity contribution in [3.8, 4) is 6.07 Å². The number of nitrogens with zero attached hydrogens (tertiary/aromatic N) is 3. The van der Waals surface area contributed by atoms with Crippen LogP contribution in [0.25, 0.3) is 0 Å². The Morgan fingerprint density at radius 1 is 1.52 bits per heavy atom. The number of nitro benzene ring substituents is 1. The Kier molecular flexibility index (Phi) is 5.67. The summed E-state index contributed by atoms with van der Waals surface area (Å²) in [6, 6.07) is 5.92. The molecule has 21 heavy (non-hydrogen) atoms. The molecule has 0 bridgehead atoms. The SMILES string of the molecule is CC(C)CNC(=O)CN(C)c1ccc([N+](=O)[O-])cc1C#N. The van der Waals surface area contributed by atoms with E-state index < -0.39 is 4.92 Å². The van der Waals surface area contributed by atoms with E-state index in [2.05, 4.69) is 5.32 Å². The molecule has 0 spiro atoms. The van der Waals surface area contributed by atoms with Crippen molar-refractivity contribution in [3.05, 3.63) is 33.9 Å². The summed E-state index contributed by atoms with van der Waals surface area (Å²) in [5, 5.41) is 22.6. The highest BCUT2D eigenvalue weighted by Crippen LogP contribution is 2.23. The summed E-state index contributed by atoms with van der Waals surface area (Å²) < 4.78 is 0. The lowest BCUT2D eigenvalue weighted by Gasteiger charge is -2.20. The van der Waals surface area contributed by atoms with Gasteiger partial charge < -0.3 is 10.2 Å². The normalized spacial score (nSPS) is 10.0. The molecule has 0 unspecified atom stereocenters. The largest absolute Gasteiger partial charge is 0.364 e. The maximum Gasteiger partial charge on any atom is 0.270 e. The summed E-state index contributed by atoms with van der Waals surface area (Å²) in [6.07, 6.45) is 0. The van der Waals surface area contributed by atoms with Crippen LogP contribution in [0.15, 0.2) is 18.2 Å². The number of anilines is 1. The summed E-state index contributed by atoms with van der Waals surface area (Å²) >= 11 is 0. The maximum atomic E-state index is 11.8. The molecule has 0 atom stereocenters. The smallest absolute Gasteiger partial charge is 0.270 e. The van der Waals surface area contributed by atoms with Gasteiger partial charge in [-0.1, -0.05) is 13.8 Å². The van der Waals surface area contributed by atoms with Crippen molar-refractivity contribution in [2.45, 2.75) is 13.8 Å². The minimum absolute atomic E-state index is 0.0826. The molecule has 7 heteroatoms. The molecule has 0 aromatic heterocycles. The average Bonchev–Trinajstić information content (AvgIpc) is 2.44. The molecule has 1 N–H and O–H groups in total. The minimum Gasteiger partial charge on any atom is -0.364 e. The summed E-state index contributed by atoms with van der Waals surface area (Å²) in [5.74, 6) is 0.196. The Balaban J connectivity index is 2.83. The van der Waals surface area contributed by atoms with Crippen molar-refractivity contribution in [1.82, 2.24) is 5.32 Å². The standard InChI is InChI=1S/C14H18N4O3/c1-10(2)8-16-14(19)9-17(3)13-5-4-12(18(20)21)6-11(13)7-15/h4-6,10H,8-9H2,1-3H3,(H,16,19). The summed E-state index contributed by atoms with van der Waals surface area (Å²) in [6.45, 7) is 4.65. The van der Waals surface area contributed by atoms with Crippen LogP contribution in [-0.4, -0.2) is 31.0 Å². The number of hydrogen-bond acceptors (Lipinski definition) is 5. The topological polar surface area (TPSA) is 99.3 Å². The number of amides is 1. The molecule has 0 fully saturated rings. The van der Waals surface area contributed by atoms with E-state index in [1.165, 1.54) is 18.2 Å². The Labute approximate surface area is 123 Å². The van der Waals surface area contributed by atoms with Crippen LogP contribution in [0, 0.1) is 27.4 Å². The van der Waals surface area contributed by atoms with E-state index in [9.17, 15) is 14.9 Å². The summed E-state index contributed by atoms with van der Waals surface area (Å²) in [7, 11) is 1.66. The van der Waals surface area contributed by atoms with Gasteiger partial charge in [-0.25, -0.2) is 0 Å². The zero-order valence-electron chi connectivity index (χ0n) is 12.3. The quantitative estimate of drug-likeness (QED) is 0.634. The Morgan fingerprint density at radius 2 is 2.19 bits per heavy atom. The number of nitriles is 1. The van der Waals surface area contributed by atoms with E-state index in [4.69, 9.17) is 5.26 Å². The van der Waals surface area contributed by atoms with E-state index in [0.717, 1.165) is 0 Å². The van der Waals surface area contributed by atoms with Gasteiger partial charge in [0, 0.05) is 25.7 Å². The van der Waals surface area contributed by atoms with E-state index in [1.54, 1.807) is 11.9 Å². The van der Waals surface area contributed by atoms with Gasteiger partial charge in [-0.3, -0.25) is 14.9 Å². The van der Waals surface area contributed by atoms with Crippen LogP contribution >= 0.6 is 0 Å². The van der Waals surface area contributed by atoms with Crippen LogP contribution in [0.5, 0.6) is 0 Å². The van der Waals surface area contributed by atoms with Gasteiger partial charge in [-0.05, 0) is 12.0 Å². The molecule has 0 saturated carbocycles. The molecule has 1 aromatic carbocycles. The Morgan fingerprint density at radius 3 is 2.71 bits per heavy atom. The first kappa shape index (κ1) is 16.4. The van der Waals surface area contributed by atoms with E-state index >= 15 is 0 Å². The molecule has 1 aromatic rings. The van der Waals surface area contributed by atoms with Crippen molar-refractivity contribution in [2.75, 3.05) is 25.0 Å². The maximum absolute atomic E-state index is 11.8. The van der Waals surface area contributed by atoms with Gasteiger partial charge in [0.25, 0.3) is 5.69 Å². The van der Waals surface area contributed by atoms with Crippen LogP contribution in [0.4, 0.5) is 11.4 Å². The zero-order chi connectivity index (χ0) is 16.0. The van der Waals surface area contributed by atoms with Crippen molar-refractivity contribution >= 4 is 17.3 Å². The van der Waals surface area contributed by atoms with Gasteiger partial charge >= 0.3 is 0 Å². The fraction of sp³-hybridized carbons (Fsp3) is 0.429. The lowest BCUT2D eigenvalue weighted by Crippen LogP contribution is -2.37. The fourth-order valence-corrected chi connectivity index (χ4v) is 1.73. The lowest BCUT2D eigenvalue weighted by atomic mass is 10.1. The number of likely N-dealkylation sites (N-methyl/N-ethyl adjacent to an activating group) is 1. The van der Waals surface area contributed by atoms with Crippen LogP contribution < -0.4 is 10.2 Å². The minimum atomic E-state index is -0.556. The lowest BCUT2D eigenvalue weighted by molar-refractivity contribution is -0.384. The number of hydrogen-bond donors (Lipinski definition) is 1. The highest BCUT2D eigenvalue weighted by molar-refractivity contribution is 5.82. The molecular weight excluding hydrogens is 272 g/mol. The average molecular weight is 290 g/mol. The molecule has 1 rings (SSSR count). The highest BCUT2D eigenvalue weighted by atomic mass is 16.6. The molecular formula is C14H18N4O3. The number of nitro groups is 1. The van der Waals surface area contributed by atoms with Crippen LogP contribution in [0.2, 0.25) is 0 Å². The number of nitrogens with one attached hydrogen (secondary N) is 1. The first-order valence-corrected chi connectivity index (χ1v) is 6.51. The molecule has 0 aliphatic rings. The predicted molar refractivity (Wildman–Crippen MR) is 78.9 cm³/mol. The van der Waals surface area contributed by atoms with Gasteiger partial charge in [0.15, 0.2) is 0 Å². The van der Waals surface area contributed by atoms with E-state index in [0.29, 0.717) is 18.2 Å². The third-order valence-corrected chi connectivity index (χ3v) is 2.81. The van der Waals surface area contributed by atoms with Crippen LogP contribution in [0.1, 0.15) is 19.4 Å². The van der Waals surface area contributed by atoms with Crippen molar-refractivity contribution in [2.24, 2.45) is 5.92 Å². The number of carbonyl (C=O) groups is 1. The third-order valence-electron chi connectivity index (χ3n) is 2.81. The number of benzene rings is 1. The Bertz CT molecular complexity index is 578. The van der Waals surface area contributed by atoms with E-state index in [1.807, 2.05) is 19.9 Å². The second-order valence-corrected chi connectivity index (χ2v) is 5.12.